The molecule has 2 aromatic carbocycles. The van der Waals surface area contributed by atoms with Gasteiger partial charge in [-0.1, -0.05) is 24.3 Å². The number of nitrogens with zero attached hydrogens (tertiary/aromatic N) is 1. The maximum atomic E-state index is 13.5. The van der Waals surface area contributed by atoms with Gasteiger partial charge in [0.15, 0.2) is 0 Å². The molecule has 0 N–H and O–H groups in total. The minimum Gasteiger partial charge on any atom is -0.340 e. The lowest BCUT2D eigenvalue weighted by Crippen LogP contribution is -2.13. The van der Waals surface area contributed by atoms with Crippen LogP contribution in [-0.4, -0.2) is 4.57 Å². The summed E-state index contributed by atoms with van der Waals surface area (Å²) in [6.07, 6.45) is -9.16. The van der Waals surface area contributed by atoms with E-state index in [0.29, 0.717) is 24.2 Å². The van der Waals surface area contributed by atoms with Crippen molar-refractivity contribution in [2.75, 3.05) is 0 Å². The van der Waals surface area contributed by atoms with Gasteiger partial charge in [0, 0.05) is 23.0 Å². The highest BCUT2D eigenvalue weighted by Crippen LogP contribution is 2.46. The highest BCUT2D eigenvalue weighted by Gasteiger charge is 2.40. The number of hydrogen-bond donors (Lipinski definition) is 0. The van der Waals surface area contributed by atoms with Crippen LogP contribution >= 0.6 is 0 Å². The molecule has 3 aromatic rings. The summed E-state index contributed by atoms with van der Waals surface area (Å²) < 4.78 is 81.8. The molecule has 1 nitrogen and oxygen atoms in total. The fraction of sp³-hybridized carbons (Fsp3) is 0.263. The Morgan fingerprint density at radius 3 is 2.27 bits per heavy atom. The van der Waals surface area contributed by atoms with Crippen molar-refractivity contribution in [3.8, 4) is 11.3 Å². The molecule has 1 aromatic heterocycles. The van der Waals surface area contributed by atoms with Gasteiger partial charge in [-0.05, 0) is 36.6 Å². The van der Waals surface area contributed by atoms with E-state index in [1.165, 1.54) is 0 Å². The van der Waals surface area contributed by atoms with Crippen LogP contribution in [0.1, 0.15) is 22.3 Å². The van der Waals surface area contributed by atoms with Gasteiger partial charge in [-0.25, -0.2) is 0 Å². The minimum atomic E-state index is -4.87. The molecule has 0 unspecified atom stereocenters. The fourth-order valence-corrected chi connectivity index (χ4v) is 3.84. The molecule has 0 bridgehead atoms. The van der Waals surface area contributed by atoms with Crippen molar-refractivity contribution >= 4 is 10.9 Å². The molecular weight excluding hydrogens is 356 g/mol. The molecule has 0 fully saturated rings. The molecule has 4 rings (SSSR count). The molecule has 0 saturated heterocycles. The van der Waals surface area contributed by atoms with Crippen LogP contribution in [0.5, 0.6) is 0 Å². The van der Waals surface area contributed by atoms with Crippen LogP contribution in [0.4, 0.5) is 26.3 Å². The number of aromatic nitrogens is 1. The lowest BCUT2D eigenvalue weighted by Gasteiger charge is -2.21. The third-order valence-electron chi connectivity index (χ3n) is 4.92. The minimum absolute atomic E-state index is 0.0193. The predicted molar refractivity (Wildman–Crippen MR) is 85.8 cm³/mol. The number of aryl methyl sites for hydroxylation is 3. The molecular formula is C19H13F6N. The number of fused-ring (bicyclic) bond motifs is 5. The van der Waals surface area contributed by atoms with Gasteiger partial charge < -0.3 is 4.57 Å². The van der Waals surface area contributed by atoms with Crippen LogP contribution in [0, 0.1) is 6.92 Å². The Balaban J connectivity index is 2.15. The van der Waals surface area contributed by atoms with Crippen LogP contribution in [-0.2, 0) is 25.3 Å². The third-order valence-corrected chi connectivity index (χ3v) is 4.92. The smallest absolute Gasteiger partial charge is 0.340 e. The molecule has 26 heavy (non-hydrogen) atoms. The number of halogens is 6. The molecule has 0 radical (unpaired) electrons. The molecule has 0 aliphatic carbocycles. The summed E-state index contributed by atoms with van der Waals surface area (Å²) in [7, 11) is 0. The van der Waals surface area contributed by atoms with E-state index >= 15 is 0 Å². The van der Waals surface area contributed by atoms with Gasteiger partial charge in [-0.15, -0.1) is 0 Å². The Kier molecular flexibility index (Phi) is 3.45. The number of hydrogen-bond acceptors (Lipinski definition) is 0. The average Bonchev–Trinajstić information content (AvgIpc) is 2.86. The second-order valence-electron chi connectivity index (χ2n) is 6.45. The van der Waals surface area contributed by atoms with E-state index in [1.54, 1.807) is 23.6 Å². The Morgan fingerprint density at radius 2 is 1.62 bits per heavy atom. The number of rotatable bonds is 0. The van der Waals surface area contributed by atoms with Gasteiger partial charge in [0.1, 0.15) is 0 Å². The zero-order valence-corrected chi connectivity index (χ0v) is 13.6. The first-order chi connectivity index (χ1) is 12.1. The van der Waals surface area contributed by atoms with Crippen molar-refractivity contribution in [2.24, 2.45) is 0 Å². The standard InChI is InChI=1S/C19H13F6N/c1-10-16-14(19(23,24)25)8-12(18(20,21)22)9-15(16)26-7-6-11-4-2-3-5-13(11)17(10)26/h2-5,8-9H,6-7H2,1H3. The molecule has 0 saturated carbocycles. The lowest BCUT2D eigenvalue weighted by molar-refractivity contribution is -0.142. The summed E-state index contributed by atoms with van der Waals surface area (Å²) in [5.74, 6) is 0. The second kappa shape index (κ2) is 5.28. The van der Waals surface area contributed by atoms with Crippen LogP contribution in [0.2, 0.25) is 0 Å². The number of alkyl halides is 6. The van der Waals surface area contributed by atoms with Crippen LogP contribution in [0.15, 0.2) is 36.4 Å². The SMILES string of the molecule is Cc1c2n(c3cc(C(F)(F)F)cc(C(F)(F)F)c13)CCc1ccccc1-2. The molecule has 0 spiro atoms. The van der Waals surface area contributed by atoms with Crippen molar-refractivity contribution in [1.29, 1.82) is 0 Å². The van der Waals surface area contributed by atoms with Gasteiger partial charge in [-0.3, -0.25) is 0 Å². The molecule has 1 aliphatic rings. The van der Waals surface area contributed by atoms with E-state index in [9.17, 15) is 26.3 Å². The van der Waals surface area contributed by atoms with Crippen molar-refractivity contribution in [3.63, 3.8) is 0 Å². The zero-order chi connectivity index (χ0) is 18.9. The van der Waals surface area contributed by atoms with Crippen LogP contribution < -0.4 is 0 Å². The zero-order valence-electron chi connectivity index (χ0n) is 13.6. The lowest BCUT2D eigenvalue weighted by atomic mass is 9.95. The van der Waals surface area contributed by atoms with E-state index < -0.39 is 23.5 Å². The normalized spacial score (nSPS) is 14.4. The van der Waals surface area contributed by atoms with Gasteiger partial charge in [0.05, 0.1) is 16.8 Å². The summed E-state index contributed by atoms with van der Waals surface area (Å²) in [6.45, 7) is 1.88. The third kappa shape index (κ3) is 2.40. The molecule has 1 aliphatic heterocycles. The first kappa shape index (κ1) is 17.0. The highest BCUT2D eigenvalue weighted by atomic mass is 19.4. The van der Waals surface area contributed by atoms with Gasteiger partial charge in [-0.2, -0.15) is 26.3 Å². The first-order valence-corrected chi connectivity index (χ1v) is 7.98. The van der Waals surface area contributed by atoms with Crippen LogP contribution in [0.3, 0.4) is 0 Å². The van der Waals surface area contributed by atoms with Crippen molar-refractivity contribution < 1.29 is 26.3 Å². The highest BCUT2D eigenvalue weighted by molar-refractivity contribution is 5.96. The monoisotopic (exact) mass is 369 g/mol. The Morgan fingerprint density at radius 1 is 0.923 bits per heavy atom. The summed E-state index contributed by atoms with van der Waals surface area (Å²) in [6, 6.07) is 8.35. The topological polar surface area (TPSA) is 4.93 Å². The summed E-state index contributed by atoms with van der Waals surface area (Å²) in [4.78, 5) is 0. The maximum Gasteiger partial charge on any atom is 0.417 e. The predicted octanol–water partition coefficient (Wildman–Crippen LogP) is 6.21. The van der Waals surface area contributed by atoms with E-state index in [4.69, 9.17) is 0 Å². The second-order valence-corrected chi connectivity index (χ2v) is 6.45. The maximum absolute atomic E-state index is 13.5. The average molecular weight is 369 g/mol. The largest absolute Gasteiger partial charge is 0.417 e. The van der Waals surface area contributed by atoms with Crippen molar-refractivity contribution in [3.05, 3.63) is 58.7 Å². The summed E-state index contributed by atoms with van der Waals surface area (Å²) in [5, 5.41) is -0.155. The van der Waals surface area contributed by atoms with E-state index in [-0.39, 0.29) is 17.0 Å². The fourth-order valence-electron chi connectivity index (χ4n) is 3.84. The molecule has 0 atom stereocenters. The first-order valence-electron chi connectivity index (χ1n) is 7.98. The van der Waals surface area contributed by atoms with E-state index in [1.807, 2.05) is 12.1 Å². The van der Waals surface area contributed by atoms with Gasteiger partial charge in [0.2, 0.25) is 0 Å². The molecule has 7 heteroatoms. The Hall–Kier alpha value is -2.44. The summed E-state index contributed by atoms with van der Waals surface area (Å²) >= 11 is 0. The van der Waals surface area contributed by atoms with E-state index in [0.717, 1.165) is 17.2 Å². The number of benzene rings is 2. The molecule has 136 valence electrons. The Labute approximate surface area is 144 Å². The van der Waals surface area contributed by atoms with Gasteiger partial charge >= 0.3 is 12.4 Å². The van der Waals surface area contributed by atoms with Crippen LogP contribution in [0.25, 0.3) is 22.2 Å². The molecule has 2 heterocycles. The van der Waals surface area contributed by atoms with E-state index in [2.05, 4.69) is 0 Å². The quantitative estimate of drug-likeness (QED) is 0.415. The van der Waals surface area contributed by atoms with Gasteiger partial charge in [0.25, 0.3) is 0 Å². The van der Waals surface area contributed by atoms with Crippen molar-refractivity contribution in [2.45, 2.75) is 32.2 Å². The van der Waals surface area contributed by atoms with Crippen molar-refractivity contribution in [1.82, 2.24) is 4.57 Å². The molecule has 0 amide bonds. The summed E-state index contributed by atoms with van der Waals surface area (Å²) in [5.41, 5.74) is 0.134. The Bertz CT molecular complexity index is 1020.